The smallest absolute Gasteiger partial charge is 0.274 e. The first kappa shape index (κ1) is 18.4. The van der Waals surface area contributed by atoms with Crippen molar-refractivity contribution in [2.75, 3.05) is 17.7 Å². The van der Waals surface area contributed by atoms with Gasteiger partial charge in [-0.1, -0.05) is 29.8 Å². The average Bonchev–Trinajstić information content (AvgIpc) is 2.64. The Morgan fingerprint density at radius 3 is 2.48 bits per heavy atom. The van der Waals surface area contributed by atoms with Crippen LogP contribution in [-0.4, -0.2) is 23.0 Å². The van der Waals surface area contributed by atoms with Gasteiger partial charge < -0.3 is 15.4 Å². The third kappa shape index (κ3) is 4.41. The van der Waals surface area contributed by atoms with E-state index in [-0.39, 0.29) is 11.6 Å². The van der Waals surface area contributed by atoms with Crippen LogP contribution in [0.15, 0.2) is 48.5 Å². The molecule has 0 aliphatic carbocycles. The lowest BCUT2D eigenvalue weighted by molar-refractivity contribution is 0.102. The highest BCUT2D eigenvalue weighted by Gasteiger charge is 2.13. The molecule has 0 saturated heterocycles. The van der Waals surface area contributed by atoms with Gasteiger partial charge in [-0.2, -0.15) is 0 Å². The van der Waals surface area contributed by atoms with Crippen LogP contribution in [0.2, 0.25) is 0 Å². The third-order valence-corrected chi connectivity index (χ3v) is 4.07. The monoisotopic (exact) mass is 362 g/mol. The van der Waals surface area contributed by atoms with E-state index in [1.165, 1.54) is 5.56 Å². The molecule has 0 radical (unpaired) electrons. The Morgan fingerprint density at radius 2 is 1.74 bits per heavy atom. The van der Waals surface area contributed by atoms with Crippen molar-refractivity contribution in [1.29, 1.82) is 0 Å². The predicted octanol–water partition coefficient (Wildman–Crippen LogP) is 4.41. The van der Waals surface area contributed by atoms with Crippen LogP contribution in [0.4, 0.5) is 17.3 Å². The van der Waals surface area contributed by atoms with Crippen molar-refractivity contribution < 1.29 is 9.53 Å². The van der Waals surface area contributed by atoms with E-state index in [4.69, 9.17) is 4.74 Å². The molecule has 1 aromatic heterocycles. The van der Waals surface area contributed by atoms with Crippen LogP contribution < -0.4 is 15.4 Å². The fourth-order valence-electron chi connectivity index (χ4n) is 2.75. The number of amides is 1. The van der Waals surface area contributed by atoms with Gasteiger partial charge in [0.25, 0.3) is 5.91 Å². The van der Waals surface area contributed by atoms with Gasteiger partial charge in [0.05, 0.1) is 12.8 Å². The van der Waals surface area contributed by atoms with Gasteiger partial charge in [-0.25, -0.2) is 9.97 Å². The maximum absolute atomic E-state index is 12.7. The van der Waals surface area contributed by atoms with Crippen molar-refractivity contribution in [2.24, 2.45) is 0 Å². The van der Waals surface area contributed by atoms with Crippen molar-refractivity contribution in [3.63, 3.8) is 0 Å². The first-order valence-corrected chi connectivity index (χ1v) is 8.60. The maximum atomic E-state index is 12.7. The fourth-order valence-corrected chi connectivity index (χ4v) is 2.75. The summed E-state index contributed by atoms with van der Waals surface area (Å²) in [6.07, 6.45) is 0. The Balaban J connectivity index is 1.85. The number of hydrogen-bond donors (Lipinski definition) is 2. The normalized spacial score (nSPS) is 10.4. The van der Waals surface area contributed by atoms with Crippen molar-refractivity contribution in [2.45, 2.75) is 20.8 Å². The zero-order chi connectivity index (χ0) is 19.4. The average molecular weight is 362 g/mol. The minimum Gasteiger partial charge on any atom is -0.495 e. The summed E-state index contributed by atoms with van der Waals surface area (Å²) < 4.78 is 5.27. The molecule has 2 aromatic carbocycles. The minimum atomic E-state index is -0.325. The first-order valence-electron chi connectivity index (χ1n) is 8.60. The number of carbonyl (C=O) groups is 1. The second-order valence-electron chi connectivity index (χ2n) is 6.32. The van der Waals surface area contributed by atoms with Crippen LogP contribution in [0.3, 0.4) is 0 Å². The molecule has 2 N–H and O–H groups in total. The van der Waals surface area contributed by atoms with E-state index in [9.17, 15) is 4.79 Å². The summed E-state index contributed by atoms with van der Waals surface area (Å²) >= 11 is 0. The number of nitrogens with zero attached hydrogens (tertiary/aromatic N) is 2. The number of ether oxygens (including phenoxy) is 1. The summed E-state index contributed by atoms with van der Waals surface area (Å²) in [7, 11) is 1.56. The maximum Gasteiger partial charge on any atom is 0.274 e. The molecule has 0 spiro atoms. The Hall–Kier alpha value is -3.41. The van der Waals surface area contributed by atoms with Crippen LogP contribution in [0.5, 0.6) is 5.75 Å². The van der Waals surface area contributed by atoms with E-state index in [2.05, 4.69) is 26.7 Å². The molecule has 1 heterocycles. The van der Waals surface area contributed by atoms with Crippen molar-refractivity contribution in [3.8, 4) is 5.75 Å². The van der Waals surface area contributed by atoms with E-state index in [1.54, 1.807) is 25.3 Å². The number of methoxy groups -OCH3 is 1. The van der Waals surface area contributed by atoms with E-state index < -0.39 is 0 Å². The van der Waals surface area contributed by atoms with Gasteiger partial charge in [-0.05, 0) is 50.6 Å². The minimum absolute atomic E-state index is 0.278. The van der Waals surface area contributed by atoms with Crippen molar-refractivity contribution in [1.82, 2.24) is 9.97 Å². The SMILES string of the molecule is COc1ccccc1NC(=O)c1cc(C)nc(Nc2ccc(C)cc2C)n1. The Morgan fingerprint density at radius 1 is 0.963 bits per heavy atom. The fraction of sp³-hybridized carbons (Fsp3) is 0.190. The van der Waals surface area contributed by atoms with Gasteiger partial charge in [-0.3, -0.25) is 4.79 Å². The molecule has 0 bridgehead atoms. The lowest BCUT2D eigenvalue weighted by Crippen LogP contribution is -2.16. The molecule has 0 aliphatic heterocycles. The highest BCUT2D eigenvalue weighted by atomic mass is 16.5. The number of rotatable bonds is 5. The van der Waals surface area contributed by atoms with E-state index in [0.29, 0.717) is 23.1 Å². The molecule has 0 saturated carbocycles. The number of aryl methyl sites for hydroxylation is 3. The molecule has 27 heavy (non-hydrogen) atoms. The Labute approximate surface area is 158 Å². The third-order valence-electron chi connectivity index (χ3n) is 4.07. The van der Waals surface area contributed by atoms with Gasteiger partial charge >= 0.3 is 0 Å². The van der Waals surface area contributed by atoms with Crippen LogP contribution in [-0.2, 0) is 0 Å². The zero-order valence-corrected chi connectivity index (χ0v) is 15.8. The number of hydrogen-bond acceptors (Lipinski definition) is 5. The van der Waals surface area contributed by atoms with Gasteiger partial charge in [0.15, 0.2) is 0 Å². The molecule has 0 unspecified atom stereocenters. The van der Waals surface area contributed by atoms with E-state index >= 15 is 0 Å². The van der Waals surface area contributed by atoms with Crippen molar-refractivity contribution in [3.05, 3.63) is 71.0 Å². The molecule has 0 atom stereocenters. The number of benzene rings is 2. The summed E-state index contributed by atoms with van der Waals surface area (Å²) in [6, 6.07) is 15.0. The zero-order valence-electron chi connectivity index (χ0n) is 15.8. The Kier molecular flexibility index (Phi) is 5.35. The van der Waals surface area contributed by atoms with Gasteiger partial charge in [-0.15, -0.1) is 0 Å². The number of nitrogens with one attached hydrogen (secondary N) is 2. The van der Waals surface area contributed by atoms with E-state index in [0.717, 1.165) is 11.3 Å². The molecule has 1 amide bonds. The molecule has 3 rings (SSSR count). The number of para-hydroxylation sites is 2. The molecular formula is C21H22N4O2. The number of carbonyl (C=O) groups excluding carboxylic acids is 1. The quantitative estimate of drug-likeness (QED) is 0.703. The molecule has 138 valence electrons. The van der Waals surface area contributed by atoms with Crippen LogP contribution in [0, 0.1) is 20.8 Å². The van der Waals surface area contributed by atoms with Gasteiger partial charge in [0.1, 0.15) is 11.4 Å². The molecule has 6 nitrogen and oxygen atoms in total. The highest BCUT2D eigenvalue weighted by Crippen LogP contribution is 2.24. The van der Waals surface area contributed by atoms with Crippen LogP contribution >= 0.6 is 0 Å². The molecule has 6 heteroatoms. The molecule has 0 fully saturated rings. The topological polar surface area (TPSA) is 76.1 Å². The molecule has 3 aromatic rings. The summed E-state index contributed by atoms with van der Waals surface area (Å²) in [5.41, 5.74) is 4.73. The summed E-state index contributed by atoms with van der Waals surface area (Å²) in [5, 5.41) is 6.03. The largest absolute Gasteiger partial charge is 0.495 e. The summed E-state index contributed by atoms with van der Waals surface area (Å²) in [5.74, 6) is 0.645. The Bertz CT molecular complexity index is 986. The lowest BCUT2D eigenvalue weighted by atomic mass is 10.1. The van der Waals surface area contributed by atoms with E-state index in [1.807, 2.05) is 45.0 Å². The second kappa shape index (κ2) is 7.86. The molecule has 0 aliphatic rings. The van der Waals surface area contributed by atoms with Crippen LogP contribution in [0.1, 0.15) is 27.3 Å². The second-order valence-corrected chi connectivity index (χ2v) is 6.32. The summed E-state index contributed by atoms with van der Waals surface area (Å²) in [6.45, 7) is 5.88. The number of anilines is 3. The van der Waals surface area contributed by atoms with Crippen LogP contribution in [0.25, 0.3) is 0 Å². The first-order chi connectivity index (χ1) is 13.0. The summed E-state index contributed by atoms with van der Waals surface area (Å²) in [4.78, 5) is 21.4. The predicted molar refractivity (Wildman–Crippen MR) is 107 cm³/mol. The van der Waals surface area contributed by atoms with Crippen molar-refractivity contribution >= 4 is 23.2 Å². The highest BCUT2D eigenvalue weighted by molar-refractivity contribution is 6.03. The number of aromatic nitrogens is 2. The standard InChI is InChI=1S/C21H22N4O2/c1-13-9-10-16(14(2)11-13)24-21-22-15(3)12-18(25-21)20(26)23-17-7-5-6-8-19(17)27-4/h5-12H,1-4H3,(H,23,26)(H,22,24,25). The lowest BCUT2D eigenvalue weighted by Gasteiger charge is -2.12. The van der Waals surface area contributed by atoms with Gasteiger partial charge in [0.2, 0.25) is 5.95 Å². The molecular weight excluding hydrogens is 340 g/mol. The van der Waals surface area contributed by atoms with Gasteiger partial charge in [0, 0.05) is 11.4 Å².